The summed E-state index contributed by atoms with van der Waals surface area (Å²) in [6, 6.07) is 7.31. The fourth-order valence-corrected chi connectivity index (χ4v) is 5.03. The third-order valence-corrected chi connectivity index (χ3v) is 6.38. The quantitative estimate of drug-likeness (QED) is 0.520. The molecule has 5 rings (SSSR count). The predicted molar refractivity (Wildman–Crippen MR) is 102 cm³/mol. The zero-order chi connectivity index (χ0) is 19.2. The Morgan fingerprint density at radius 2 is 2.15 bits per heavy atom. The monoisotopic (exact) mass is 392 g/mol. The maximum atomic E-state index is 11.2. The molecule has 6 atom stereocenters. The number of aliphatic hydroxyl groups is 1. The molecular formula is C19H24N2O5S. The van der Waals surface area contributed by atoms with Crippen molar-refractivity contribution < 1.29 is 22.3 Å². The van der Waals surface area contributed by atoms with Crippen LogP contribution < -0.4 is 5.32 Å². The highest BCUT2D eigenvalue weighted by atomic mass is 32.3. The lowest BCUT2D eigenvalue weighted by atomic mass is 9.73. The maximum absolute atomic E-state index is 11.2. The molecular weight excluding hydrogens is 368 g/mol. The Kier molecular flexibility index (Phi) is 4.85. The zero-order valence-corrected chi connectivity index (χ0v) is 15.7. The van der Waals surface area contributed by atoms with Crippen molar-refractivity contribution in [1.29, 1.82) is 0 Å². The van der Waals surface area contributed by atoms with Gasteiger partial charge >= 0.3 is 10.4 Å². The van der Waals surface area contributed by atoms with E-state index in [1.807, 2.05) is 24.3 Å². The van der Waals surface area contributed by atoms with Crippen molar-refractivity contribution >= 4 is 21.7 Å². The van der Waals surface area contributed by atoms with Crippen molar-refractivity contribution in [2.24, 2.45) is 11.8 Å². The molecule has 0 spiro atoms. The van der Waals surface area contributed by atoms with Crippen LogP contribution in [0.3, 0.4) is 0 Å². The summed E-state index contributed by atoms with van der Waals surface area (Å²) < 4.78 is 36.0. The van der Waals surface area contributed by atoms with E-state index in [4.69, 9.17) is 8.74 Å². The molecule has 0 aliphatic carbocycles. The van der Waals surface area contributed by atoms with Crippen LogP contribution in [0.25, 0.3) is 5.57 Å². The molecule has 0 radical (unpaired) electrons. The lowest BCUT2D eigenvalue weighted by Gasteiger charge is -2.51. The lowest BCUT2D eigenvalue weighted by Crippen LogP contribution is -2.57. The summed E-state index contributed by atoms with van der Waals surface area (Å²) >= 11 is 0. The molecule has 4 heterocycles. The van der Waals surface area contributed by atoms with Crippen LogP contribution in [0.15, 0.2) is 43.0 Å². The van der Waals surface area contributed by atoms with Gasteiger partial charge in [-0.2, -0.15) is 8.42 Å². The first-order valence-corrected chi connectivity index (χ1v) is 10.5. The van der Waals surface area contributed by atoms with Crippen LogP contribution in [0, 0.1) is 11.8 Å². The summed E-state index contributed by atoms with van der Waals surface area (Å²) in [6.07, 6.45) is 3.66. The minimum Gasteiger partial charge on any atom is -0.387 e. The molecule has 146 valence electrons. The molecule has 4 aliphatic heterocycles. The van der Waals surface area contributed by atoms with E-state index in [1.54, 1.807) is 6.07 Å². The summed E-state index contributed by atoms with van der Waals surface area (Å²) in [4.78, 5) is 2.29. The standard InChI is InChI=1S/C19H24N2O5S/c1-2-12-11-21-8-7-13(12)9-17(21)19(22)15-10-18(26-27(23,24)25)20-16-6-4-3-5-14(15)16/h2-6,10,12-13,17-20,22H,1,7-9,11H2,(H,23,24,25)/t12-,13+,17+,18?,19-/m1/s1. The molecule has 27 heavy (non-hydrogen) atoms. The molecule has 1 aromatic rings. The number of piperidine rings is 3. The van der Waals surface area contributed by atoms with Crippen LogP contribution in [0.5, 0.6) is 0 Å². The second-order valence-corrected chi connectivity index (χ2v) is 8.50. The molecule has 7 nitrogen and oxygen atoms in total. The number of para-hydroxylation sites is 1. The summed E-state index contributed by atoms with van der Waals surface area (Å²) in [5.74, 6) is 0.960. The van der Waals surface area contributed by atoms with Crippen molar-refractivity contribution in [1.82, 2.24) is 4.90 Å². The van der Waals surface area contributed by atoms with Crippen molar-refractivity contribution in [2.45, 2.75) is 31.2 Å². The Morgan fingerprint density at radius 1 is 1.37 bits per heavy atom. The third-order valence-electron chi connectivity index (χ3n) is 5.93. The van der Waals surface area contributed by atoms with Gasteiger partial charge in [-0.05, 0) is 48.9 Å². The Hall–Kier alpha value is -1.71. The Labute approximate surface area is 159 Å². The minimum atomic E-state index is -4.63. The van der Waals surface area contributed by atoms with Gasteiger partial charge in [0, 0.05) is 23.8 Å². The van der Waals surface area contributed by atoms with Crippen molar-refractivity contribution in [3.05, 3.63) is 48.6 Å². The fraction of sp³-hybridized carbons (Fsp3) is 0.474. The summed E-state index contributed by atoms with van der Waals surface area (Å²) in [5, 5.41) is 14.1. The molecule has 3 N–H and O–H groups in total. The van der Waals surface area contributed by atoms with Crippen LogP contribution in [-0.4, -0.2) is 54.4 Å². The number of hydrogen-bond acceptors (Lipinski definition) is 6. The average Bonchev–Trinajstić information content (AvgIpc) is 2.65. The molecule has 2 unspecified atom stereocenters. The van der Waals surface area contributed by atoms with Crippen LogP contribution in [-0.2, 0) is 14.6 Å². The van der Waals surface area contributed by atoms with E-state index in [0.717, 1.165) is 31.5 Å². The second kappa shape index (κ2) is 7.03. The third kappa shape index (κ3) is 3.68. The molecule has 3 saturated heterocycles. The Bertz CT molecular complexity index is 869. The van der Waals surface area contributed by atoms with E-state index in [2.05, 4.69) is 16.8 Å². The first-order valence-electron chi connectivity index (χ1n) is 9.14. The number of rotatable bonds is 5. The average molecular weight is 392 g/mol. The van der Waals surface area contributed by atoms with Crippen molar-refractivity contribution in [2.75, 3.05) is 18.4 Å². The molecule has 0 amide bonds. The van der Waals surface area contributed by atoms with Gasteiger partial charge in [0.1, 0.15) is 0 Å². The van der Waals surface area contributed by atoms with Crippen LogP contribution >= 0.6 is 0 Å². The summed E-state index contributed by atoms with van der Waals surface area (Å²) in [5.41, 5.74) is 2.08. The molecule has 4 aliphatic rings. The van der Waals surface area contributed by atoms with E-state index < -0.39 is 22.7 Å². The fourth-order valence-electron chi connectivity index (χ4n) is 4.66. The molecule has 2 bridgehead atoms. The predicted octanol–water partition coefficient (Wildman–Crippen LogP) is 1.90. The first-order chi connectivity index (χ1) is 12.9. The highest BCUT2D eigenvalue weighted by Crippen LogP contribution is 2.42. The van der Waals surface area contributed by atoms with Gasteiger partial charge in [-0.15, -0.1) is 6.58 Å². The number of aliphatic hydroxyl groups excluding tert-OH is 1. The van der Waals surface area contributed by atoms with Crippen LogP contribution in [0.2, 0.25) is 0 Å². The van der Waals surface area contributed by atoms with E-state index >= 15 is 0 Å². The molecule has 0 saturated carbocycles. The van der Waals surface area contributed by atoms with Crippen molar-refractivity contribution in [3.63, 3.8) is 0 Å². The van der Waals surface area contributed by atoms with Gasteiger partial charge in [0.25, 0.3) is 0 Å². The van der Waals surface area contributed by atoms with Gasteiger partial charge in [0.05, 0.1) is 6.10 Å². The first kappa shape index (κ1) is 18.6. The van der Waals surface area contributed by atoms with E-state index in [-0.39, 0.29) is 6.04 Å². The van der Waals surface area contributed by atoms with E-state index in [1.165, 1.54) is 6.08 Å². The Balaban J connectivity index is 1.64. The molecule has 3 fully saturated rings. The zero-order valence-electron chi connectivity index (χ0n) is 14.9. The Morgan fingerprint density at radius 3 is 2.81 bits per heavy atom. The number of nitrogens with zero attached hydrogens (tertiary/aromatic N) is 1. The second-order valence-electron chi connectivity index (χ2n) is 7.45. The SMILES string of the molecule is C=C[C@@H]1CN2CC[C@H]1C[C@H]2[C@H](O)C1=CC(OS(=O)(=O)O)Nc2ccccc21. The van der Waals surface area contributed by atoms with Crippen LogP contribution in [0.1, 0.15) is 18.4 Å². The van der Waals surface area contributed by atoms with E-state index in [9.17, 15) is 13.5 Å². The highest BCUT2D eigenvalue weighted by Gasteiger charge is 2.43. The van der Waals surface area contributed by atoms with Gasteiger partial charge < -0.3 is 10.4 Å². The van der Waals surface area contributed by atoms with Gasteiger partial charge in [-0.1, -0.05) is 24.3 Å². The number of anilines is 1. The van der Waals surface area contributed by atoms with Gasteiger partial charge in [-0.3, -0.25) is 9.45 Å². The highest BCUT2D eigenvalue weighted by molar-refractivity contribution is 7.80. The molecule has 8 heteroatoms. The number of nitrogens with one attached hydrogen (secondary N) is 1. The maximum Gasteiger partial charge on any atom is 0.399 e. The van der Waals surface area contributed by atoms with E-state index in [0.29, 0.717) is 23.1 Å². The summed E-state index contributed by atoms with van der Waals surface area (Å²) in [6.45, 7) is 5.75. The summed E-state index contributed by atoms with van der Waals surface area (Å²) in [7, 11) is -4.63. The largest absolute Gasteiger partial charge is 0.399 e. The van der Waals surface area contributed by atoms with Gasteiger partial charge in [0.15, 0.2) is 6.23 Å². The topological polar surface area (TPSA) is 99.1 Å². The number of hydrogen-bond donors (Lipinski definition) is 3. The van der Waals surface area contributed by atoms with Gasteiger partial charge in [-0.25, -0.2) is 4.18 Å². The smallest absolute Gasteiger partial charge is 0.387 e. The van der Waals surface area contributed by atoms with Crippen molar-refractivity contribution in [3.8, 4) is 0 Å². The molecule has 0 aromatic heterocycles. The van der Waals surface area contributed by atoms with Crippen LogP contribution in [0.4, 0.5) is 5.69 Å². The normalized spacial score (nSPS) is 33.6. The lowest BCUT2D eigenvalue weighted by molar-refractivity contribution is -0.0255. The minimum absolute atomic E-state index is 0.0382. The van der Waals surface area contributed by atoms with Gasteiger partial charge in [0.2, 0.25) is 0 Å². The number of benzene rings is 1. The number of fused-ring (bicyclic) bond motifs is 4. The molecule has 1 aromatic carbocycles.